The molecular formula is C19H37IN4O3S2. The Morgan fingerprint density at radius 3 is 2.34 bits per heavy atom. The lowest BCUT2D eigenvalue weighted by atomic mass is 9.89. The van der Waals surface area contributed by atoms with E-state index in [0.29, 0.717) is 36.3 Å². The van der Waals surface area contributed by atoms with Gasteiger partial charge in [0.25, 0.3) is 10.0 Å². The minimum absolute atomic E-state index is 0. The van der Waals surface area contributed by atoms with E-state index in [0.717, 1.165) is 11.3 Å². The molecule has 0 radical (unpaired) electrons. The minimum Gasteiger partial charge on any atom is -0.379 e. The number of methoxy groups -OCH3 is 1. The third-order valence-corrected chi connectivity index (χ3v) is 8.19. The van der Waals surface area contributed by atoms with Crippen molar-refractivity contribution in [1.82, 2.24) is 14.9 Å². The number of halogens is 1. The number of hydrogen-bond acceptors (Lipinski definition) is 5. The molecule has 1 rings (SSSR count). The van der Waals surface area contributed by atoms with Crippen LogP contribution in [0.3, 0.4) is 0 Å². The van der Waals surface area contributed by atoms with Gasteiger partial charge in [0.05, 0.1) is 6.10 Å². The molecular weight excluding hydrogens is 523 g/mol. The number of nitrogens with zero attached hydrogens (tertiary/aromatic N) is 2. The zero-order chi connectivity index (χ0) is 21.4. The second-order valence-corrected chi connectivity index (χ2v) is 10.9. The fourth-order valence-electron chi connectivity index (χ4n) is 2.78. The first-order chi connectivity index (χ1) is 13.1. The van der Waals surface area contributed by atoms with Gasteiger partial charge >= 0.3 is 0 Å². The molecule has 7 nitrogen and oxygen atoms in total. The Labute approximate surface area is 197 Å². The van der Waals surface area contributed by atoms with Crippen molar-refractivity contribution in [3.63, 3.8) is 0 Å². The fraction of sp³-hybridized carbons (Fsp3) is 0.737. The molecule has 0 aliphatic heterocycles. The lowest BCUT2D eigenvalue weighted by molar-refractivity contribution is 0.0205. The van der Waals surface area contributed by atoms with Crippen LogP contribution >= 0.6 is 35.3 Å². The van der Waals surface area contributed by atoms with Crippen molar-refractivity contribution >= 4 is 51.3 Å². The Balaban J connectivity index is 0.00000784. The molecule has 0 aliphatic carbocycles. The highest BCUT2D eigenvalue weighted by Gasteiger charge is 2.25. The third kappa shape index (κ3) is 8.68. The van der Waals surface area contributed by atoms with Gasteiger partial charge < -0.3 is 15.4 Å². The van der Waals surface area contributed by atoms with E-state index < -0.39 is 10.0 Å². The molecule has 2 N–H and O–H groups in total. The highest BCUT2D eigenvalue weighted by atomic mass is 127. The first-order valence-electron chi connectivity index (χ1n) is 9.66. The maximum atomic E-state index is 12.6. The predicted octanol–water partition coefficient (Wildman–Crippen LogP) is 3.17. The van der Waals surface area contributed by atoms with Gasteiger partial charge in [-0.25, -0.2) is 8.42 Å². The van der Waals surface area contributed by atoms with Crippen LogP contribution in [0.2, 0.25) is 0 Å². The van der Waals surface area contributed by atoms with Crippen molar-refractivity contribution < 1.29 is 13.2 Å². The van der Waals surface area contributed by atoms with E-state index in [-0.39, 0.29) is 35.5 Å². The van der Waals surface area contributed by atoms with E-state index in [1.807, 2.05) is 19.9 Å². The van der Waals surface area contributed by atoms with Crippen LogP contribution in [0.4, 0.5) is 0 Å². The minimum atomic E-state index is -3.38. The van der Waals surface area contributed by atoms with E-state index in [2.05, 4.69) is 36.4 Å². The van der Waals surface area contributed by atoms with Gasteiger partial charge in [-0.3, -0.25) is 4.99 Å². The normalized spacial score (nSPS) is 13.9. The molecule has 170 valence electrons. The molecule has 1 aromatic rings. The third-order valence-electron chi connectivity index (χ3n) is 4.53. The Morgan fingerprint density at radius 2 is 1.86 bits per heavy atom. The van der Waals surface area contributed by atoms with Crippen molar-refractivity contribution in [2.75, 3.05) is 40.3 Å². The number of nitrogens with one attached hydrogen (secondary N) is 2. The molecule has 1 unspecified atom stereocenters. The standard InChI is InChI=1S/C19H36N4O3S2.HI/c1-8-23(9-2)28(24,25)17-11-10-15(27-17)12-13-21-18(20-6)22-14-16(26-7)19(3,4)5;/h10-11,16H,8-9,12-14H2,1-7H3,(H2,20,21,22);1H. The van der Waals surface area contributed by atoms with Crippen molar-refractivity contribution in [2.24, 2.45) is 10.4 Å². The molecule has 0 saturated carbocycles. The summed E-state index contributed by atoms with van der Waals surface area (Å²) in [7, 11) is 0.0670. The van der Waals surface area contributed by atoms with Crippen molar-refractivity contribution in [2.45, 2.75) is 51.4 Å². The molecule has 0 fully saturated rings. The summed E-state index contributed by atoms with van der Waals surface area (Å²) in [4.78, 5) is 5.26. The molecule has 0 saturated heterocycles. The summed E-state index contributed by atoms with van der Waals surface area (Å²) in [6.07, 6.45) is 0.794. The largest absolute Gasteiger partial charge is 0.379 e. The molecule has 10 heteroatoms. The van der Waals surface area contributed by atoms with Crippen LogP contribution in [0.1, 0.15) is 39.5 Å². The van der Waals surface area contributed by atoms with Crippen LogP contribution in [0.25, 0.3) is 0 Å². The van der Waals surface area contributed by atoms with Crippen LogP contribution in [-0.4, -0.2) is 65.1 Å². The number of ether oxygens (including phenoxy) is 1. The van der Waals surface area contributed by atoms with Gasteiger partial charge in [0.1, 0.15) is 4.21 Å². The van der Waals surface area contributed by atoms with Crippen LogP contribution in [0.5, 0.6) is 0 Å². The molecule has 1 heterocycles. The molecule has 1 atom stereocenters. The zero-order valence-corrected chi connectivity index (χ0v) is 22.6. The van der Waals surface area contributed by atoms with E-state index in [4.69, 9.17) is 4.74 Å². The Kier molecular flexibility index (Phi) is 12.9. The van der Waals surface area contributed by atoms with Gasteiger partial charge in [-0.2, -0.15) is 4.31 Å². The summed E-state index contributed by atoms with van der Waals surface area (Å²) in [6, 6.07) is 3.59. The summed E-state index contributed by atoms with van der Waals surface area (Å²) >= 11 is 1.33. The maximum absolute atomic E-state index is 12.6. The number of hydrogen-bond donors (Lipinski definition) is 2. The van der Waals surface area contributed by atoms with Gasteiger partial charge in [-0.15, -0.1) is 35.3 Å². The molecule has 29 heavy (non-hydrogen) atoms. The van der Waals surface area contributed by atoms with Gasteiger partial charge in [0.15, 0.2) is 5.96 Å². The zero-order valence-electron chi connectivity index (χ0n) is 18.6. The number of sulfonamides is 1. The van der Waals surface area contributed by atoms with E-state index >= 15 is 0 Å². The average molecular weight is 561 g/mol. The van der Waals surface area contributed by atoms with Crippen molar-refractivity contribution in [3.05, 3.63) is 17.0 Å². The summed E-state index contributed by atoms with van der Waals surface area (Å²) in [6.45, 7) is 12.4. The number of aliphatic imine (C=N–C) groups is 1. The maximum Gasteiger partial charge on any atom is 0.252 e. The van der Waals surface area contributed by atoms with E-state index in [1.54, 1.807) is 20.2 Å². The lowest BCUT2D eigenvalue weighted by Crippen LogP contribution is -2.45. The van der Waals surface area contributed by atoms with Crippen molar-refractivity contribution in [3.8, 4) is 0 Å². The van der Waals surface area contributed by atoms with E-state index in [9.17, 15) is 8.42 Å². The quantitative estimate of drug-likeness (QED) is 0.261. The van der Waals surface area contributed by atoms with Crippen LogP contribution in [0, 0.1) is 5.41 Å². The monoisotopic (exact) mass is 560 g/mol. The Morgan fingerprint density at radius 1 is 1.24 bits per heavy atom. The number of guanidine groups is 1. The molecule has 0 spiro atoms. The molecule has 0 amide bonds. The lowest BCUT2D eigenvalue weighted by Gasteiger charge is -2.30. The van der Waals surface area contributed by atoms with Gasteiger partial charge in [0.2, 0.25) is 0 Å². The SMILES string of the molecule is CCN(CC)S(=O)(=O)c1ccc(CCNC(=NC)NCC(OC)C(C)(C)C)s1.I. The number of rotatable bonds is 10. The second-order valence-electron chi connectivity index (χ2n) is 7.53. The summed E-state index contributed by atoms with van der Waals surface area (Å²) in [5.41, 5.74) is 0.0321. The molecule has 1 aromatic heterocycles. The highest BCUT2D eigenvalue weighted by molar-refractivity contribution is 14.0. The molecule has 0 aliphatic rings. The van der Waals surface area contributed by atoms with Gasteiger partial charge in [-0.05, 0) is 24.0 Å². The average Bonchev–Trinajstić information content (AvgIpc) is 3.10. The first-order valence-corrected chi connectivity index (χ1v) is 11.9. The fourth-order valence-corrected chi connectivity index (χ4v) is 5.75. The van der Waals surface area contributed by atoms with Crippen LogP contribution < -0.4 is 10.6 Å². The molecule has 0 bridgehead atoms. The first kappa shape index (κ1) is 28.6. The summed E-state index contributed by atoms with van der Waals surface area (Å²) in [5.74, 6) is 0.707. The van der Waals surface area contributed by atoms with Crippen LogP contribution in [-0.2, 0) is 21.2 Å². The van der Waals surface area contributed by atoms with Crippen LogP contribution in [0.15, 0.2) is 21.3 Å². The smallest absolute Gasteiger partial charge is 0.252 e. The molecule has 0 aromatic carbocycles. The topological polar surface area (TPSA) is 83.0 Å². The Hall–Kier alpha value is -0.430. The van der Waals surface area contributed by atoms with Gasteiger partial charge in [0, 0.05) is 45.2 Å². The summed E-state index contributed by atoms with van der Waals surface area (Å²) in [5, 5.41) is 6.56. The summed E-state index contributed by atoms with van der Waals surface area (Å²) < 4.78 is 32.6. The Bertz CT molecular complexity index is 726. The van der Waals surface area contributed by atoms with Gasteiger partial charge in [-0.1, -0.05) is 34.6 Å². The predicted molar refractivity (Wildman–Crippen MR) is 133 cm³/mol. The second kappa shape index (κ2) is 13.1. The van der Waals surface area contributed by atoms with E-state index in [1.165, 1.54) is 15.6 Å². The highest BCUT2D eigenvalue weighted by Crippen LogP contribution is 2.25. The number of thiophene rings is 1. The van der Waals surface area contributed by atoms with Crippen molar-refractivity contribution in [1.29, 1.82) is 0 Å².